The molecule has 6 heteroatoms. The van der Waals surface area contributed by atoms with Gasteiger partial charge in [-0.2, -0.15) is 0 Å². The quantitative estimate of drug-likeness (QED) is 0.715. The third-order valence-corrected chi connectivity index (χ3v) is 1.77. The topological polar surface area (TPSA) is 79.8 Å². The SMILES string of the molecule is O=C(Nc1ccccc1)n1nc[nH]c1=O. The van der Waals surface area contributed by atoms with Crippen LogP contribution in [0.2, 0.25) is 0 Å². The van der Waals surface area contributed by atoms with Crippen molar-refractivity contribution >= 4 is 11.7 Å². The number of rotatable bonds is 1. The average Bonchev–Trinajstić information content (AvgIpc) is 2.66. The van der Waals surface area contributed by atoms with Gasteiger partial charge in [-0.25, -0.2) is 9.59 Å². The molecule has 0 radical (unpaired) electrons. The van der Waals surface area contributed by atoms with Crippen LogP contribution in [0, 0.1) is 0 Å². The second-order valence-electron chi connectivity index (χ2n) is 2.80. The fourth-order valence-electron chi connectivity index (χ4n) is 1.10. The van der Waals surface area contributed by atoms with Crippen molar-refractivity contribution in [2.24, 2.45) is 0 Å². The highest BCUT2D eigenvalue weighted by Gasteiger charge is 2.08. The minimum atomic E-state index is -0.590. The highest BCUT2D eigenvalue weighted by molar-refractivity contribution is 5.90. The molecule has 0 fully saturated rings. The first kappa shape index (κ1) is 9.20. The van der Waals surface area contributed by atoms with Crippen LogP contribution < -0.4 is 11.0 Å². The first-order chi connectivity index (χ1) is 7.27. The molecule has 2 N–H and O–H groups in total. The second-order valence-corrected chi connectivity index (χ2v) is 2.80. The zero-order chi connectivity index (χ0) is 10.7. The smallest absolute Gasteiger partial charge is 0.306 e. The Morgan fingerprint density at radius 1 is 1.33 bits per heavy atom. The summed E-state index contributed by atoms with van der Waals surface area (Å²) in [6.07, 6.45) is 1.16. The molecule has 1 aromatic heterocycles. The van der Waals surface area contributed by atoms with Gasteiger partial charge in [-0.05, 0) is 12.1 Å². The minimum Gasteiger partial charge on any atom is -0.306 e. The zero-order valence-corrected chi connectivity index (χ0v) is 7.68. The Labute approximate surface area is 84.6 Å². The molecule has 0 unspecified atom stereocenters. The van der Waals surface area contributed by atoms with Gasteiger partial charge in [0.25, 0.3) is 0 Å². The van der Waals surface area contributed by atoms with Gasteiger partial charge in [-0.15, -0.1) is 9.78 Å². The third kappa shape index (κ3) is 1.93. The largest absolute Gasteiger partial charge is 0.351 e. The molecule has 0 spiro atoms. The van der Waals surface area contributed by atoms with Gasteiger partial charge in [0.2, 0.25) is 0 Å². The maximum absolute atomic E-state index is 11.5. The predicted octanol–water partition coefficient (Wildman–Crippen LogP) is 0.652. The molecule has 2 aromatic rings. The number of anilines is 1. The minimum absolute atomic E-state index is 0.566. The lowest BCUT2D eigenvalue weighted by atomic mass is 10.3. The van der Waals surface area contributed by atoms with E-state index in [-0.39, 0.29) is 0 Å². The van der Waals surface area contributed by atoms with E-state index in [4.69, 9.17) is 0 Å². The summed E-state index contributed by atoms with van der Waals surface area (Å²) in [5, 5.41) is 6.08. The van der Waals surface area contributed by atoms with E-state index >= 15 is 0 Å². The zero-order valence-electron chi connectivity index (χ0n) is 7.68. The van der Waals surface area contributed by atoms with Crippen molar-refractivity contribution < 1.29 is 4.79 Å². The number of hydrogen-bond acceptors (Lipinski definition) is 3. The van der Waals surface area contributed by atoms with Crippen LogP contribution >= 0.6 is 0 Å². The van der Waals surface area contributed by atoms with Gasteiger partial charge in [0.05, 0.1) is 0 Å². The van der Waals surface area contributed by atoms with Gasteiger partial charge in [0, 0.05) is 5.69 Å². The molecular weight excluding hydrogens is 196 g/mol. The van der Waals surface area contributed by atoms with Crippen LogP contribution in [0.5, 0.6) is 0 Å². The molecule has 0 saturated heterocycles. The first-order valence-corrected chi connectivity index (χ1v) is 4.26. The van der Waals surface area contributed by atoms with E-state index in [0.29, 0.717) is 10.4 Å². The fraction of sp³-hybridized carbons (Fsp3) is 0. The van der Waals surface area contributed by atoms with E-state index in [2.05, 4.69) is 15.4 Å². The van der Waals surface area contributed by atoms with Gasteiger partial charge in [-0.1, -0.05) is 18.2 Å². The summed E-state index contributed by atoms with van der Waals surface area (Å²) >= 11 is 0. The van der Waals surface area contributed by atoms with Crippen molar-refractivity contribution in [3.8, 4) is 0 Å². The van der Waals surface area contributed by atoms with E-state index in [0.717, 1.165) is 6.33 Å². The molecule has 1 aromatic carbocycles. The number of aromatic amines is 1. The van der Waals surface area contributed by atoms with Gasteiger partial charge >= 0.3 is 11.7 Å². The Morgan fingerprint density at radius 3 is 2.67 bits per heavy atom. The molecule has 0 atom stereocenters. The molecule has 1 heterocycles. The van der Waals surface area contributed by atoms with Gasteiger partial charge in [0.15, 0.2) is 0 Å². The van der Waals surface area contributed by atoms with Crippen molar-refractivity contribution in [2.75, 3.05) is 5.32 Å². The second kappa shape index (κ2) is 3.79. The number of carbonyl (C=O) groups is 1. The number of aromatic nitrogens is 3. The summed E-state index contributed by atoms with van der Waals surface area (Å²) in [7, 11) is 0. The van der Waals surface area contributed by atoms with Crippen LogP contribution in [0.1, 0.15) is 0 Å². The molecule has 0 aliphatic heterocycles. The summed E-state index contributed by atoms with van der Waals surface area (Å²) in [4.78, 5) is 24.8. The normalized spacial score (nSPS) is 9.87. The van der Waals surface area contributed by atoms with Gasteiger partial charge < -0.3 is 5.32 Å². The van der Waals surface area contributed by atoms with E-state index in [1.807, 2.05) is 6.07 Å². The van der Waals surface area contributed by atoms with Gasteiger partial charge in [-0.3, -0.25) is 4.98 Å². The molecule has 2 rings (SSSR count). The van der Waals surface area contributed by atoms with Crippen molar-refractivity contribution in [3.63, 3.8) is 0 Å². The van der Waals surface area contributed by atoms with Crippen molar-refractivity contribution in [2.45, 2.75) is 0 Å². The molecule has 6 nitrogen and oxygen atoms in total. The van der Waals surface area contributed by atoms with Crippen molar-refractivity contribution in [3.05, 3.63) is 47.1 Å². The molecule has 15 heavy (non-hydrogen) atoms. The summed E-state index contributed by atoms with van der Waals surface area (Å²) in [5.41, 5.74) is 0.0424. The lowest BCUT2D eigenvalue weighted by molar-refractivity contribution is 0.250. The maximum atomic E-state index is 11.5. The number of nitrogens with one attached hydrogen (secondary N) is 2. The summed E-state index contributed by atoms with van der Waals surface area (Å²) in [6, 6.07) is 8.24. The number of benzene rings is 1. The van der Waals surface area contributed by atoms with Crippen molar-refractivity contribution in [1.29, 1.82) is 0 Å². The summed E-state index contributed by atoms with van der Waals surface area (Å²) in [5.74, 6) is 0. The number of hydrogen-bond donors (Lipinski definition) is 2. The third-order valence-electron chi connectivity index (χ3n) is 1.77. The fourth-order valence-corrected chi connectivity index (χ4v) is 1.10. The Kier molecular flexibility index (Phi) is 2.32. The van der Waals surface area contributed by atoms with Crippen LogP contribution in [0.3, 0.4) is 0 Å². The number of amides is 1. The van der Waals surface area contributed by atoms with Crippen LogP contribution in [0.25, 0.3) is 0 Å². The van der Waals surface area contributed by atoms with Crippen LogP contribution in [-0.2, 0) is 0 Å². The Hall–Kier alpha value is -2.37. The Bertz CT molecular complexity index is 514. The number of para-hydroxylation sites is 1. The number of carbonyl (C=O) groups excluding carboxylic acids is 1. The monoisotopic (exact) mass is 204 g/mol. The highest BCUT2D eigenvalue weighted by atomic mass is 16.2. The van der Waals surface area contributed by atoms with E-state index < -0.39 is 11.7 Å². The molecule has 0 bridgehead atoms. The van der Waals surface area contributed by atoms with E-state index in [1.54, 1.807) is 24.3 Å². The van der Waals surface area contributed by atoms with E-state index in [1.165, 1.54) is 0 Å². The van der Waals surface area contributed by atoms with Crippen molar-refractivity contribution in [1.82, 2.24) is 14.8 Å². The Morgan fingerprint density at radius 2 is 2.07 bits per heavy atom. The summed E-state index contributed by atoms with van der Waals surface area (Å²) < 4.78 is 0.715. The van der Waals surface area contributed by atoms with Crippen LogP contribution in [0.15, 0.2) is 41.5 Å². The summed E-state index contributed by atoms with van der Waals surface area (Å²) in [6.45, 7) is 0. The van der Waals surface area contributed by atoms with Gasteiger partial charge in [0.1, 0.15) is 6.33 Å². The lowest BCUT2D eigenvalue weighted by Crippen LogP contribution is -2.30. The predicted molar refractivity (Wildman–Crippen MR) is 53.7 cm³/mol. The lowest BCUT2D eigenvalue weighted by Gasteiger charge is -2.02. The van der Waals surface area contributed by atoms with Crippen LogP contribution in [0.4, 0.5) is 10.5 Å². The molecule has 76 valence electrons. The van der Waals surface area contributed by atoms with Crippen LogP contribution in [-0.4, -0.2) is 20.8 Å². The van der Waals surface area contributed by atoms with E-state index in [9.17, 15) is 9.59 Å². The molecule has 0 saturated carbocycles. The first-order valence-electron chi connectivity index (χ1n) is 4.26. The maximum Gasteiger partial charge on any atom is 0.351 e. The highest BCUT2D eigenvalue weighted by Crippen LogP contribution is 2.04. The standard InChI is InChI=1S/C9H8N4O2/c14-8-10-6-11-13(8)9(15)12-7-4-2-1-3-5-7/h1-6H,(H,12,15)(H,10,11,14). The average molecular weight is 204 g/mol. The molecule has 0 aliphatic rings. The number of nitrogens with zero attached hydrogens (tertiary/aromatic N) is 2. The Balaban J connectivity index is 2.18. The molecular formula is C9H8N4O2. The molecule has 0 aliphatic carbocycles. The number of H-pyrrole nitrogens is 1. The molecule has 1 amide bonds.